The summed E-state index contributed by atoms with van der Waals surface area (Å²) in [6.07, 6.45) is -0.920. The number of carbonyl (C=O) groups is 2. The Hall–Kier alpha value is -2.05. The van der Waals surface area contributed by atoms with E-state index in [1.807, 2.05) is 26.0 Å². The van der Waals surface area contributed by atoms with Crippen LogP contribution in [0.1, 0.15) is 28.4 Å². The van der Waals surface area contributed by atoms with Gasteiger partial charge in [-0.1, -0.05) is 27.5 Å². The van der Waals surface area contributed by atoms with Crippen molar-refractivity contribution in [3.63, 3.8) is 0 Å². The van der Waals surface area contributed by atoms with Gasteiger partial charge < -0.3 is 14.6 Å². The van der Waals surface area contributed by atoms with Gasteiger partial charge in [0, 0.05) is 9.50 Å². The lowest BCUT2D eigenvalue weighted by Gasteiger charge is -2.18. The molecule has 7 heteroatoms. The Labute approximate surface area is 158 Å². The van der Waals surface area contributed by atoms with Crippen LogP contribution >= 0.6 is 27.5 Å². The first-order chi connectivity index (χ1) is 11.7. The summed E-state index contributed by atoms with van der Waals surface area (Å²) < 4.78 is 11.8. The molecule has 0 aliphatic heterocycles. The molecule has 0 aromatic heterocycles. The number of hydrogen-bond acceptors (Lipinski definition) is 4. The van der Waals surface area contributed by atoms with Crippen LogP contribution < -0.4 is 9.47 Å². The van der Waals surface area contributed by atoms with Crippen molar-refractivity contribution in [1.29, 1.82) is 0 Å². The Kier molecular flexibility index (Phi) is 6.08. The SMILES string of the molecule is Cc1cc(Br)cc(C)c1OC(C)C(=O)Oc1ccc(Cl)cc1C(=O)O. The first-order valence-electron chi connectivity index (χ1n) is 7.37. The van der Waals surface area contributed by atoms with Gasteiger partial charge >= 0.3 is 11.9 Å². The lowest BCUT2D eigenvalue weighted by molar-refractivity contribution is -0.141. The van der Waals surface area contributed by atoms with E-state index >= 15 is 0 Å². The number of halogens is 2. The number of benzene rings is 2. The molecule has 2 aromatic carbocycles. The zero-order valence-corrected chi connectivity index (χ0v) is 16.1. The maximum absolute atomic E-state index is 12.3. The molecule has 132 valence electrons. The smallest absolute Gasteiger partial charge is 0.352 e. The maximum atomic E-state index is 12.3. The zero-order valence-electron chi connectivity index (χ0n) is 13.8. The highest BCUT2D eigenvalue weighted by molar-refractivity contribution is 9.10. The summed E-state index contributed by atoms with van der Waals surface area (Å²) in [4.78, 5) is 23.5. The molecule has 0 bridgehead atoms. The van der Waals surface area contributed by atoms with Crippen LogP contribution in [0.3, 0.4) is 0 Å². The number of carboxylic acids is 1. The fourth-order valence-electron chi connectivity index (χ4n) is 2.26. The van der Waals surface area contributed by atoms with Crippen LogP contribution in [0.25, 0.3) is 0 Å². The third-order valence-electron chi connectivity index (χ3n) is 3.43. The van der Waals surface area contributed by atoms with Crippen LogP contribution in [-0.2, 0) is 4.79 Å². The number of carboxylic acid groups (broad SMARTS) is 1. The van der Waals surface area contributed by atoms with E-state index in [1.54, 1.807) is 6.92 Å². The van der Waals surface area contributed by atoms with Gasteiger partial charge in [-0.2, -0.15) is 0 Å². The summed E-state index contributed by atoms with van der Waals surface area (Å²) in [7, 11) is 0. The standard InChI is InChI=1S/C18H16BrClO5/c1-9-6-12(19)7-10(2)16(9)24-11(3)18(23)25-15-5-4-13(20)8-14(15)17(21)22/h4-8,11H,1-3H3,(H,21,22). The van der Waals surface area contributed by atoms with Crippen LogP contribution in [-0.4, -0.2) is 23.1 Å². The number of aryl methyl sites for hydroxylation is 2. The van der Waals surface area contributed by atoms with Gasteiger partial charge in [-0.05, 0) is 62.2 Å². The second kappa shape index (κ2) is 7.89. The van der Waals surface area contributed by atoms with E-state index in [2.05, 4.69) is 15.9 Å². The molecule has 25 heavy (non-hydrogen) atoms. The second-order valence-electron chi connectivity index (χ2n) is 5.50. The number of esters is 1. The minimum Gasteiger partial charge on any atom is -0.478 e. The lowest BCUT2D eigenvalue weighted by Crippen LogP contribution is -2.29. The molecule has 2 rings (SSSR count). The molecule has 0 amide bonds. The van der Waals surface area contributed by atoms with Gasteiger partial charge in [0.15, 0.2) is 6.10 Å². The van der Waals surface area contributed by atoms with Crippen molar-refractivity contribution in [2.45, 2.75) is 26.9 Å². The molecule has 1 N–H and O–H groups in total. The largest absolute Gasteiger partial charge is 0.478 e. The van der Waals surface area contributed by atoms with Crippen molar-refractivity contribution in [1.82, 2.24) is 0 Å². The molecule has 0 spiro atoms. The predicted octanol–water partition coefficient (Wildman–Crippen LogP) is 4.79. The third kappa shape index (κ3) is 4.74. The minimum atomic E-state index is -1.24. The third-order valence-corrected chi connectivity index (χ3v) is 4.13. The quantitative estimate of drug-likeness (QED) is 0.548. The van der Waals surface area contributed by atoms with Gasteiger partial charge in [-0.3, -0.25) is 0 Å². The summed E-state index contributed by atoms with van der Waals surface area (Å²) in [6, 6.07) is 7.77. The van der Waals surface area contributed by atoms with E-state index in [0.717, 1.165) is 15.6 Å². The summed E-state index contributed by atoms with van der Waals surface area (Å²) in [5.74, 6) is -1.44. The Morgan fingerprint density at radius 2 is 1.76 bits per heavy atom. The van der Waals surface area contributed by atoms with E-state index in [1.165, 1.54) is 18.2 Å². The van der Waals surface area contributed by atoms with E-state index in [0.29, 0.717) is 5.75 Å². The maximum Gasteiger partial charge on any atom is 0.352 e. The molecule has 0 fully saturated rings. The van der Waals surface area contributed by atoms with Gasteiger partial charge in [0.2, 0.25) is 0 Å². The average Bonchev–Trinajstić information content (AvgIpc) is 2.51. The number of ether oxygens (including phenoxy) is 2. The number of carbonyl (C=O) groups excluding carboxylic acids is 1. The molecule has 0 aliphatic carbocycles. The summed E-state index contributed by atoms with van der Waals surface area (Å²) >= 11 is 9.18. The molecular weight excluding hydrogens is 412 g/mol. The van der Waals surface area contributed by atoms with Crippen molar-refractivity contribution in [2.75, 3.05) is 0 Å². The normalized spacial score (nSPS) is 11.7. The summed E-state index contributed by atoms with van der Waals surface area (Å²) in [5, 5.41) is 9.43. The number of aromatic carboxylic acids is 1. The highest BCUT2D eigenvalue weighted by Gasteiger charge is 2.22. The van der Waals surface area contributed by atoms with Gasteiger partial charge in [0.25, 0.3) is 0 Å². The van der Waals surface area contributed by atoms with Crippen LogP contribution in [0.5, 0.6) is 11.5 Å². The molecule has 0 aliphatic rings. The topological polar surface area (TPSA) is 72.8 Å². The predicted molar refractivity (Wildman–Crippen MR) is 97.8 cm³/mol. The van der Waals surface area contributed by atoms with Gasteiger partial charge in [-0.25, -0.2) is 9.59 Å². The van der Waals surface area contributed by atoms with Crippen LogP contribution in [0.2, 0.25) is 5.02 Å². The number of rotatable bonds is 5. The first kappa shape index (κ1) is 19.3. The molecule has 1 atom stereocenters. The Morgan fingerprint density at radius 1 is 1.16 bits per heavy atom. The monoisotopic (exact) mass is 426 g/mol. The number of hydrogen-bond donors (Lipinski definition) is 1. The zero-order chi connectivity index (χ0) is 18.7. The summed E-state index contributed by atoms with van der Waals surface area (Å²) in [5.41, 5.74) is 1.54. The fraction of sp³-hybridized carbons (Fsp3) is 0.222. The van der Waals surface area contributed by atoms with Gasteiger partial charge in [0.05, 0.1) is 0 Å². The van der Waals surface area contributed by atoms with E-state index in [-0.39, 0.29) is 16.3 Å². The molecule has 0 saturated heterocycles. The van der Waals surface area contributed by atoms with E-state index in [9.17, 15) is 14.7 Å². The fourth-order valence-corrected chi connectivity index (χ4v) is 3.12. The van der Waals surface area contributed by atoms with Crippen LogP contribution in [0, 0.1) is 13.8 Å². The van der Waals surface area contributed by atoms with Crippen molar-refractivity contribution >= 4 is 39.5 Å². The van der Waals surface area contributed by atoms with Crippen LogP contribution in [0.4, 0.5) is 0 Å². The van der Waals surface area contributed by atoms with E-state index in [4.69, 9.17) is 21.1 Å². The van der Waals surface area contributed by atoms with Gasteiger partial charge in [-0.15, -0.1) is 0 Å². The molecule has 2 aromatic rings. The minimum absolute atomic E-state index is 0.0819. The Morgan fingerprint density at radius 3 is 2.32 bits per heavy atom. The first-order valence-corrected chi connectivity index (χ1v) is 8.54. The Bertz CT molecular complexity index is 811. The lowest BCUT2D eigenvalue weighted by atomic mass is 10.1. The second-order valence-corrected chi connectivity index (χ2v) is 6.85. The average molecular weight is 428 g/mol. The molecule has 0 radical (unpaired) electrons. The highest BCUT2D eigenvalue weighted by atomic mass is 79.9. The molecule has 0 heterocycles. The molecule has 5 nitrogen and oxygen atoms in total. The molecule has 0 saturated carbocycles. The van der Waals surface area contributed by atoms with Crippen LogP contribution in [0.15, 0.2) is 34.8 Å². The van der Waals surface area contributed by atoms with E-state index < -0.39 is 18.0 Å². The van der Waals surface area contributed by atoms with Gasteiger partial charge in [0.1, 0.15) is 17.1 Å². The van der Waals surface area contributed by atoms with Crippen molar-refractivity contribution in [3.8, 4) is 11.5 Å². The highest BCUT2D eigenvalue weighted by Crippen LogP contribution is 2.29. The summed E-state index contributed by atoms with van der Waals surface area (Å²) in [6.45, 7) is 5.28. The molecule has 1 unspecified atom stereocenters. The molecular formula is C18H16BrClO5. The van der Waals surface area contributed by atoms with Crippen molar-refractivity contribution in [2.24, 2.45) is 0 Å². The van der Waals surface area contributed by atoms with Crippen molar-refractivity contribution in [3.05, 3.63) is 56.5 Å². The van der Waals surface area contributed by atoms with Crippen molar-refractivity contribution < 1.29 is 24.2 Å². The Balaban J connectivity index is 2.18.